The van der Waals surface area contributed by atoms with Crippen molar-refractivity contribution in [1.82, 2.24) is 9.97 Å². The number of imidazole rings is 1. The number of fused-ring (bicyclic) bond motifs is 1. The van der Waals surface area contributed by atoms with E-state index in [2.05, 4.69) is 34.2 Å². The highest BCUT2D eigenvalue weighted by Gasteiger charge is 2.45. The summed E-state index contributed by atoms with van der Waals surface area (Å²) in [7, 11) is 0. The van der Waals surface area contributed by atoms with E-state index in [-0.39, 0.29) is 5.41 Å². The van der Waals surface area contributed by atoms with Gasteiger partial charge in [-0.2, -0.15) is 5.26 Å². The summed E-state index contributed by atoms with van der Waals surface area (Å²) in [5.74, 6) is 1.77. The van der Waals surface area contributed by atoms with E-state index in [4.69, 9.17) is 0 Å². The Bertz CT molecular complexity index is 654. The highest BCUT2D eigenvalue weighted by atomic mass is 14.9. The Morgan fingerprint density at radius 1 is 1.33 bits per heavy atom. The molecule has 1 heterocycles. The van der Waals surface area contributed by atoms with Crippen LogP contribution in [-0.2, 0) is 5.41 Å². The van der Waals surface area contributed by atoms with Gasteiger partial charge in [0.05, 0.1) is 22.5 Å². The van der Waals surface area contributed by atoms with Crippen molar-refractivity contribution in [2.45, 2.75) is 43.4 Å². The molecule has 0 amide bonds. The Morgan fingerprint density at radius 2 is 2.17 bits per heavy atom. The first kappa shape index (κ1) is 10.1. The topological polar surface area (TPSA) is 52.5 Å². The molecule has 0 saturated heterocycles. The first-order chi connectivity index (χ1) is 8.81. The summed E-state index contributed by atoms with van der Waals surface area (Å²) >= 11 is 0. The maximum atomic E-state index is 9.25. The van der Waals surface area contributed by atoms with E-state index in [9.17, 15) is 5.26 Å². The number of nitrogens with zero attached hydrogens (tertiary/aromatic N) is 2. The summed E-state index contributed by atoms with van der Waals surface area (Å²) in [6, 6.07) is 8.71. The van der Waals surface area contributed by atoms with Gasteiger partial charge in [-0.1, -0.05) is 12.5 Å². The zero-order valence-corrected chi connectivity index (χ0v) is 10.2. The van der Waals surface area contributed by atoms with E-state index in [1.54, 1.807) is 0 Å². The average molecular weight is 237 g/mol. The van der Waals surface area contributed by atoms with Gasteiger partial charge in [0.15, 0.2) is 0 Å². The molecule has 1 aromatic carbocycles. The molecule has 0 atom stereocenters. The van der Waals surface area contributed by atoms with E-state index in [0.29, 0.717) is 5.92 Å². The second kappa shape index (κ2) is 3.35. The van der Waals surface area contributed by atoms with Crippen LogP contribution in [0.4, 0.5) is 0 Å². The van der Waals surface area contributed by atoms with Gasteiger partial charge in [0.1, 0.15) is 5.82 Å². The van der Waals surface area contributed by atoms with Gasteiger partial charge in [-0.25, -0.2) is 4.98 Å². The zero-order chi connectivity index (χ0) is 12.2. The van der Waals surface area contributed by atoms with Crippen LogP contribution in [0.15, 0.2) is 18.2 Å². The smallest absolute Gasteiger partial charge is 0.110 e. The molecule has 0 radical (unpaired) electrons. The molecule has 3 nitrogen and oxygen atoms in total. The van der Waals surface area contributed by atoms with Crippen molar-refractivity contribution in [3.63, 3.8) is 0 Å². The van der Waals surface area contributed by atoms with Gasteiger partial charge in [-0.05, 0) is 43.4 Å². The first-order valence-corrected chi connectivity index (χ1v) is 6.72. The molecule has 2 aromatic rings. The van der Waals surface area contributed by atoms with Gasteiger partial charge < -0.3 is 4.98 Å². The summed E-state index contributed by atoms with van der Waals surface area (Å²) in [6.07, 6.45) is 5.84. The lowest BCUT2D eigenvalue weighted by Crippen LogP contribution is -2.10. The quantitative estimate of drug-likeness (QED) is 0.870. The van der Waals surface area contributed by atoms with Gasteiger partial charge in [0.2, 0.25) is 0 Å². The van der Waals surface area contributed by atoms with Crippen LogP contribution in [0.3, 0.4) is 0 Å². The molecular formula is C15H15N3. The number of hydrogen-bond donors (Lipinski definition) is 1. The molecule has 2 saturated carbocycles. The predicted molar refractivity (Wildman–Crippen MR) is 69.2 cm³/mol. The van der Waals surface area contributed by atoms with Crippen LogP contribution < -0.4 is 0 Å². The standard InChI is InChI=1S/C15H15N3/c16-9-15(6-7-15)11-4-5-12-13(8-11)18-14(17-12)10-2-1-3-10/h4-5,8,10H,1-3,6-7H2,(H,17,18). The molecule has 18 heavy (non-hydrogen) atoms. The Kier molecular flexibility index (Phi) is 1.89. The summed E-state index contributed by atoms with van der Waals surface area (Å²) in [4.78, 5) is 8.11. The Morgan fingerprint density at radius 3 is 2.78 bits per heavy atom. The molecule has 0 unspecified atom stereocenters. The van der Waals surface area contributed by atoms with E-state index in [1.807, 2.05) is 0 Å². The average Bonchev–Trinajstić information content (AvgIpc) is 3.01. The van der Waals surface area contributed by atoms with Crippen LogP contribution >= 0.6 is 0 Å². The van der Waals surface area contributed by atoms with Crippen molar-refractivity contribution in [3.05, 3.63) is 29.6 Å². The molecule has 0 aliphatic heterocycles. The van der Waals surface area contributed by atoms with Crippen molar-refractivity contribution in [2.75, 3.05) is 0 Å². The van der Waals surface area contributed by atoms with Crippen molar-refractivity contribution in [2.24, 2.45) is 0 Å². The van der Waals surface area contributed by atoms with Crippen LogP contribution in [-0.4, -0.2) is 9.97 Å². The second-order valence-corrected chi connectivity index (χ2v) is 5.68. The summed E-state index contributed by atoms with van der Waals surface area (Å²) < 4.78 is 0. The maximum absolute atomic E-state index is 9.25. The number of nitrogens with one attached hydrogen (secondary N) is 1. The maximum Gasteiger partial charge on any atom is 0.110 e. The molecule has 1 aromatic heterocycles. The fraction of sp³-hybridized carbons (Fsp3) is 0.467. The van der Waals surface area contributed by atoms with Crippen LogP contribution in [0.25, 0.3) is 11.0 Å². The Labute approximate surface area is 106 Å². The monoisotopic (exact) mass is 237 g/mol. The van der Waals surface area contributed by atoms with Crippen LogP contribution in [0.1, 0.15) is 49.4 Å². The minimum Gasteiger partial charge on any atom is -0.342 e. The molecule has 90 valence electrons. The predicted octanol–water partition coefficient (Wildman–Crippen LogP) is 3.39. The number of nitriles is 1. The first-order valence-electron chi connectivity index (χ1n) is 6.72. The molecule has 2 aliphatic rings. The lowest BCUT2D eigenvalue weighted by molar-refractivity contribution is 0.405. The van der Waals surface area contributed by atoms with E-state index in [1.165, 1.54) is 19.3 Å². The molecule has 2 fully saturated rings. The van der Waals surface area contributed by atoms with E-state index >= 15 is 0 Å². The molecule has 1 N–H and O–H groups in total. The summed E-state index contributed by atoms with van der Waals surface area (Å²) in [6.45, 7) is 0. The number of aromatic amines is 1. The summed E-state index contributed by atoms with van der Waals surface area (Å²) in [5, 5.41) is 9.25. The molecule has 2 aliphatic carbocycles. The highest BCUT2D eigenvalue weighted by Crippen LogP contribution is 2.48. The van der Waals surface area contributed by atoms with Gasteiger partial charge in [-0.3, -0.25) is 0 Å². The van der Waals surface area contributed by atoms with Crippen LogP contribution in [0.5, 0.6) is 0 Å². The number of aromatic nitrogens is 2. The van der Waals surface area contributed by atoms with Crippen molar-refractivity contribution < 1.29 is 0 Å². The number of rotatable bonds is 2. The van der Waals surface area contributed by atoms with Crippen molar-refractivity contribution >= 4 is 11.0 Å². The number of benzene rings is 1. The third-order valence-corrected chi connectivity index (χ3v) is 4.51. The molecule has 3 heteroatoms. The normalized spacial score (nSPS) is 21.5. The summed E-state index contributed by atoms with van der Waals surface area (Å²) in [5.41, 5.74) is 3.09. The molecular weight excluding hydrogens is 222 g/mol. The van der Waals surface area contributed by atoms with Crippen LogP contribution in [0.2, 0.25) is 0 Å². The minimum absolute atomic E-state index is 0.198. The SMILES string of the molecule is N#CC1(c2ccc3nc(C4CCC4)[nH]c3c2)CC1. The van der Waals surface area contributed by atoms with Crippen LogP contribution in [0, 0.1) is 11.3 Å². The van der Waals surface area contributed by atoms with E-state index < -0.39 is 0 Å². The lowest BCUT2D eigenvalue weighted by atomic mass is 9.85. The number of hydrogen-bond acceptors (Lipinski definition) is 2. The van der Waals surface area contributed by atoms with Gasteiger partial charge in [0.25, 0.3) is 0 Å². The van der Waals surface area contributed by atoms with Crippen molar-refractivity contribution in [3.8, 4) is 6.07 Å². The third-order valence-electron chi connectivity index (χ3n) is 4.51. The Balaban J connectivity index is 1.78. The lowest BCUT2D eigenvalue weighted by Gasteiger charge is -2.22. The molecule has 0 spiro atoms. The fourth-order valence-corrected chi connectivity index (χ4v) is 2.79. The van der Waals surface area contributed by atoms with Gasteiger partial charge >= 0.3 is 0 Å². The van der Waals surface area contributed by atoms with Gasteiger partial charge in [-0.15, -0.1) is 0 Å². The van der Waals surface area contributed by atoms with E-state index in [0.717, 1.165) is 35.3 Å². The zero-order valence-electron chi connectivity index (χ0n) is 10.2. The molecule has 4 rings (SSSR count). The highest BCUT2D eigenvalue weighted by molar-refractivity contribution is 5.77. The largest absolute Gasteiger partial charge is 0.342 e. The molecule has 0 bridgehead atoms. The fourth-order valence-electron chi connectivity index (χ4n) is 2.79. The Hall–Kier alpha value is -1.82. The third kappa shape index (κ3) is 1.32. The second-order valence-electron chi connectivity index (χ2n) is 5.68. The number of H-pyrrole nitrogens is 1. The van der Waals surface area contributed by atoms with Crippen molar-refractivity contribution in [1.29, 1.82) is 5.26 Å². The van der Waals surface area contributed by atoms with Gasteiger partial charge in [0, 0.05) is 5.92 Å². The minimum atomic E-state index is -0.198.